The first kappa shape index (κ1) is 14.4. The van der Waals surface area contributed by atoms with Gasteiger partial charge in [0.1, 0.15) is 0 Å². The van der Waals surface area contributed by atoms with Crippen molar-refractivity contribution in [1.29, 1.82) is 0 Å². The summed E-state index contributed by atoms with van der Waals surface area (Å²) in [5.74, 6) is -0.112. The Kier molecular flexibility index (Phi) is 5.28. The number of benzene rings is 1. The highest BCUT2D eigenvalue weighted by atomic mass is 32.2. The molecule has 1 aromatic rings. The molecule has 0 unspecified atom stereocenters. The quantitative estimate of drug-likeness (QED) is 0.868. The largest absolute Gasteiger partial charge is 0.325 e. The summed E-state index contributed by atoms with van der Waals surface area (Å²) in [5, 5.41) is 3.61. The van der Waals surface area contributed by atoms with E-state index in [9.17, 15) is 4.79 Å². The molecule has 1 saturated carbocycles. The maximum atomic E-state index is 11.7. The monoisotopic (exact) mass is 278 g/mol. The number of amides is 1. The van der Waals surface area contributed by atoms with Crippen LogP contribution >= 0.6 is 11.8 Å². The predicted octanol–water partition coefficient (Wildman–Crippen LogP) is 3.40. The highest BCUT2D eigenvalue weighted by Gasteiger charge is 2.16. The molecule has 104 valence electrons. The number of nitrogens with two attached hydrogens (primary N) is 1. The smallest absolute Gasteiger partial charge is 0.241 e. The number of anilines is 1. The fourth-order valence-corrected chi connectivity index (χ4v) is 3.48. The van der Waals surface area contributed by atoms with E-state index in [1.54, 1.807) is 0 Å². The van der Waals surface area contributed by atoms with Crippen molar-refractivity contribution in [2.45, 2.75) is 55.2 Å². The zero-order chi connectivity index (χ0) is 13.7. The molecular weight excluding hydrogens is 256 g/mol. The average molecular weight is 278 g/mol. The molecule has 0 spiro atoms. The summed E-state index contributed by atoms with van der Waals surface area (Å²) < 4.78 is 0. The van der Waals surface area contributed by atoms with Crippen LogP contribution in [0.1, 0.15) is 39.0 Å². The molecule has 0 saturated heterocycles. The average Bonchev–Trinajstić information content (AvgIpc) is 2.93. The molecule has 0 heterocycles. The number of nitrogens with one attached hydrogen (secondary N) is 1. The van der Waals surface area contributed by atoms with Gasteiger partial charge in [-0.1, -0.05) is 19.8 Å². The zero-order valence-electron chi connectivity index (χ0n) is 11.4. The maximum Gasteiger partial charge on any atom is 0.241 e. The lowest BCUT2D eigenvalue weighted by molar-refractivity contribution is -0.117. The third-order valence-electron chi connectivity index (χ3n) is 3.50. The van der Waals surface area contributed by atoms with Gasteiger partial charge in [-0.25, -0.2) is 0 Å². The van der Waals surface area contributed by atoms with Crippen molar-refractivity contribution in [3.63, 3.8) is 0 Å². The third kappa shape index (κ3) is 4.25. The van der Waals surface area contributed by atoms with Crippen LogP contribution in [-0.4, -0.2) is 17.2 Å². The van der Waals surface area contributed by atoms with Gasteiger partial charge >= 0.3 is 0 Å². The summed E-state index contributed by atoms with van der Waals surface area (Å²) in [7, 11) is 0. The van der Waals surface area contributed by atoms with Crippen molar-refractivity contribution in [2.75, 3.05) is 5.32 Å². The Morgan fingerprint density at radius 2 is 2.00 bits per heavy atom. The second-order valence-electron chi connectivity index (χ2n) is 5.05. The Morgan fingerprint density at radius 3 is 2.58 bits per heavy atom. The zero-order valence-corrected chi connectivity index (χ0v) is 12.2. The van der Waals surface area contributed by atoms with Crippen molar-refractivity contribution >= 4 is 23.4 Å². The van der Waals surface area contributed by atoms with Crippen molar-refractivity contribution < 1.29 is 4.79 Å². The minimum Gasteiger partial charge on any atom is -0.325 e. The van der Waals surface area contributed by atoms with Gasteiger partial charge < -0.3 is 11.1 Å². The van der Waals surface area contributed by atoms with Gasteiger partial charge in [-0.2, -0.15) is 0 Å². The predicted molar refractivity (Wildman–Crippen MR) is 81.5 cm³/mol. The topological polar surface area (TPSA) is 55.1 Å². The Morgan fingerprint density at radius 1 is 1.37 bits per heavy atom. The fourth-order valence-electron chi connectivity index (χ4n) is 2.24. The van der Waals surface area contributed by atoms with Gasteiger partial charge in [0.05, 0.1) is 6.04 Å². The Labute approximate surface area is 119 Å². The van der Waals surface area contributed by atoms with Crippen LogP contribution in [-0.2, 0) is 4.79 Å². The highest BCUT2D eigenvalue weighted by Crippen LogP contribution is 2.34. The Hall–Kier alpha value is -1.00. The van der Waals surface area contributed by atoms with E-state index >= 15 is 0 Å². The molecule has 1 atom stereocenters. The van der Waals surface area contributed by atoms with Crippen LogP contribution in [0.5, 0.6) is 0 Å². The van der Waals surface area contributed by atoms with Crippen molar-refractivity contribution in [3.8, 4) is 0 Å². The number of rotatable bonds is 5. The molecule has 2 rings (SSSR count). The van der Waals surface area contributed by atoms with Gasteiger partial charge in [-0.05, 0) is 43.5 Å². The van der Waals surface area contributed by atoms with Crippen LogP contribution in [0, 0.1) is 0 Å². The number of carbonyl (C=O) groups excluding carboxylic acids is 1. The van der Waals surface area contributed by atoms with Crippen LogP contribution in [0.25, 0.3) is 0 Å². The molecule has 0 bridgehead atoms. The molecule has 3 nitrogen and oxygen atoms in total. The number of hydrogen-bond acceptors (Lipinski definition) is 3. The molecule has 19 heavy (non-hydrogen) atoms. The number of carbonyl (C=O) groups is 1. The lowest BCUT2D eigenvalue weighted by Gasteiger charge is -2.11. The minimum absolute atomic E-state index is 0.112. The minimum atomic E-state index is -0.424. The molecule has 1 fully saturated rings. The Balaban J connectivity index is 1.88. The van der Waals surface area contributed by atoms with Crippen LogP contribution in [0.15, 0.2) is 29.2 Å². The lowest BCUT2D eigenvalue weighted by Crippen LogP contribution is -2.34. The SMILES string of the molecule is CC[C@H](N)C(=O)Nc1ccc(SC2CCCC2)cc1. The first-order chi connectivity index (χ1) is 9.19. The summed E-state index contributed by atoms with van der Waals surface area (Å²) in [6.07, 6.45) is 6.03. The van der Waals surface area contributed by atoms with Crippen molar-refractivity contribution in [2.24, 2.45) is 5.73 Å². The first-order valence-corrected chi connectivity index (χ1v) is 7.90. The normalized spacial score (nSPS) is 17.4. The van der Waals surface area contributed by atoms with E-state index < -0.39 is 6.04 Å². The molecule has 1 aromatic carbocycles. The summed E-state index contributed by atoms with van der Waals surface area (Å²) in [6.45, 7) is 1.91. The Bertz CT molecular complexity index is 413. The van der Waals surface area contributed by atoms with Gasteiger partial charge in [-0.15, -0.1) is 11.8 Å². The maximum absolute atomic E-state index is 11.7. The standard InChI is InChI=1S/C15H22N2OS/c1-2-14(16)15(18)17-11-7-9-13(10-8-11)19-12-5-3-4-6-12/h7-10,12,14H,2-6,16H2,1H3,(H,17,18)/t14-/m0/s1. The molecule has 4 heteroatoms. The molecular formula is C15H22N2OS. The van der Waals surface area contributed by atoms with Gasteiger partial charge in [0.15, 0.2) is 0 Å². The third-order valence-corrected chi connectivity index (χ3v) is 4.85. The highest BCUT2D eigenvalue weighted by molar-refractivity contribution is 8.00. The van der Waals surface area contributed by atoms with Gasteiger partial charge in [0.25, 0.3) is 0 Å². The summed E-state index contributed by atoms with van der Waals surface area (Å²) in [4.78, 5) is 12.9. The van der Waals surface area contributed by atoms with Gasteiger partial charge in [0.2, 0.25) is 5.91 Å². The van der Waals surface area contributed by atoms with E-state index in [1.807, 2.05) is 30.8 Å². The van der Waals surface area contributed by atoms with Gasteiger partial charge in [0, 0.05) is 15.8 Å². The molecule has 0 aromatic heterocycles. The summed E-state index contributed by atoms with van der Waals surface area (Å²) in [5.41, 5.74) is 6.51. The van der Waals surface area contributed by atoms with Gasteiger partial charge in [-0.3, -0.25) is 4.79 Å². The molecule has 0 aliphatic heterocycles. The van der Waals surface area contributed by atoms with Crippen LogP contribution < -0.4 is 11.1 Å². The second-order valence-corrected chi connectivity index (χ2v) is 6.43. The lowest BCUT2D eigenvalue weighted by atomic mass is 10.2. The van der Waals surface area contributed by atoms with Crippen LogP contribution in [0.3, 0.4) is 0 Å². The second kappa shape index (κ2) is 6.96. The molecule has 1 aliphatic carbocycles. The van der Waals surface area contributed by atoms with Crippen LogP contribution in [0.4, 0.5) is 5.69 Å². The van der Waals surface area contributed by atoms with E-state index in [4.69, 9.17) is 5.73 Å². The van der Waals surface area contributed by atoms with Crippen molar-refractivity contribution in [1.82, 2.24) is 0 Å². The molecule has 3 N–H and O–H groups in total. The summed E-state index contributed by atoms with van der Waals surface area (Å²) in [6, 6.07) is 7.65. The van der Waals surface area contributed by atoms with E-state index in [2.05, 4.69) is 17.4 Å². The number of thioether (sulfide) groups is 1. The molecule has 1 aliphatic rings. The van der Waals surface area contributed by atoms with E-state index in [0.717, 1.165) is 10.9 Å². The van der Waals surface area contributed by atoms with E-state index in [0.29, 0.717) is 6.42 Å². The van der Waals surface area contributed by atoms with E-state index in [1.165, 1.54) is 30.6 Å². The summed E-state index contributed by atoms with van der Waals surface area (Å²) >= 11 is 1.95. The van der Waals surface area contributed by atoms with Crippen LogP contribution in [0.2, 0.25) is 0 Å². The van der Waals surface area contributed by atoms with Crippen molar-refractivity contribution in [3.05, 3.63) is 24.3 Å². The first-order valence-electron chi connectivity index (χ1n) is 7.02. The fraction of sp³-hybridized carbons (Fsp3) is 0.533. The van der Waals surface area contributed by atoms with E-state index in [-0.39, 0.29) is 5.91 Å². The number of hydrogen-bond donors (Lipinski definition) is 2. The molecule has 0 radical (unpaired) electrons. The molecule has 1 amide bonds.